The van der Waals surface area contributed by atoms with Crippen LogP contribution in [0.4, 0.5) is 5.95 Å². The number of methoxy groups -OCH3 is 1. The molecule has 2 rings (SSSR count). The zero-order valence-corrected chi connectivity index (χ0v) is 11.7. The molecule has 1 saturated carbocycles. The van der Waals surface area contributed by atoms with Gasteiger partial charge in [-0.3, -0.25) is 0 Å². The maximum absolute atomic E-state index is 5.75. The fourth-order valence-electron chi connectivity index (χ4n) is 2.07. The molecule has 1 heterocycles. The summed E-state index contributed by atoms with van der Waals surface area (Å²) in [5, 5.41) is 0. The van der Waals surface area contributed by atoms with E-state index in [0.29, 0.717) is 18.5 Å². The standard InChI is InChI=1S/C13H20ClN3O/c1-10(12-3-4-12)17(5-6-18-2)13-15-8-11(7-14)9-16-13/h8-10,12H,3-7H2,1-2H3. The van der Waals surface area contributed by atoms with Gasteiger partial charge in [0.2, 0.25) is 5.95 Å². The van der Waals surface area contributed by atoms with Crippen molar-refractivity contribution in [2.24, 2.45) is 5.92 Å². The van der Waals surface area contributed by atoms with Gasteiger partial charge in [-0.15, -0.1) is 11.6 Å². The van der Waals surface area contributed by atoms with Crippen molar-refractivity contribution in [1.29, 1.82) is 0 Å². The maximum Gasteiger partial charge on any atom is 0.225 e. The van der Waals surface area contributed by atoms with Crippen LogP contribution in [-0.2, 0) is 10.6 Å². The Balaban J connectivity index is 2.09. The molecule has 0 spiro atoms. The minimum Gasteiger partial charge on any atom is -0.383 e. The van der Waals surface area contributed by atoms with Crippen LogP contribution in [-0.4, -0.2) is 36.3 Å². The zero-order valence-electron chi connectivity index (χ0n) is 11.0. The Kier molecular flexibility index (Phi) is 4.78. The summed E-state index contributed by atoms with van der Waals surface area (Å²) in [5.41, 5.74) is 0.950. The van der Waals surface area contributed by atoms with Gasteiger partial charge in [0.05, 0.1) is 12.5 Å². The number of alkyl halides is 1. The smallest absolute Gasteiger partial charge is 0.225 e. The first-order valence-corrected chi connectivity index (χ1v) is 6.92. The number of ether oxygens (including phenoxy) is 1. The van der Waals surface area contributed by atoms with Crippen LogP contribution in [0.15, 0.2) is 12.4 Å². The van der Waals surface area contributed by atoms with Gasteiger partial charge in [0.15, 0.2) is 0 Å². The van der Waals surface area contributed by atoms with E-state index in [4.69, 9.17) is 16.3 Å². The van der Waals surface area contributed by atoms with E-state index < -0.39 is 0 Å². The highest BCUT2D eigenvalue weighted by Crippen LogP contribution is 2.36. The number of anilines is 1. The number of halogens is 1. The second-order valence-electron chi connectivity index (χ2n) is 4.79. The number of hydrogen-bond acceptors (Lipinski definition) is 4. The molecule has 0 bridgehead atoms. The molecule has 5 heteroatoms. The van der Waals surface area contributed by atoms with E-state index in [2.05, 4.69) is 21.8 Å². The highest BCUT2D eigenvalue weighted by atomic mass is 35.5. The molecule has 1 aliphatic carbocycles. The first-order valence-electron chi connectivity index (χ1n) is 6.38. The van der Waals surface area contributed by atoms with Gasteiger partial charge >= 0.3 is 0 Å². The molecule has 18 heavy (non-hydrogen) atoms. The third-order valence-corrected chi connectivity index (χ3v) is 3.74. The lowest BCUT2D eigenvalue weighted by molar-refractivity contribution is 0.202. The molecule has 1 unspecified atom stereocenters. The summed E-state index contributed by atoms with van der Waals surface area (Å²) < 4.78 is 5.17. The molecule has 1 fully saturated rings. The Hall–Kier alpha value is -0.870. The van der Waals surface area contributed by atoms with Gasteiger partial charge in [-0.2, -0.15) is 0 Å². The minimum atomic E-state index is 0.455. The molecular weight excluding hydrogens is 250 g/mol. The van der Waals surface area contributed by atoms with Crippen molar-refractivity contribution in [3.63, 3.8) is 0 Å². The van der Waals surface area contributed by atoms with Crippen molar-refractivity contribution >= 4 is 17.5 Å². The lowest BCUT2D eigenvalue weighted by Crippen LogP contribution is -2.38. The summed E-state index contributed by atoms with van der Waals surface area (Å²) >= 11 is 5.75. The fraction of sp³-hybridized carbons (Fsp3) is 0.692. The number of aromatic nitrogens is 2. The largest absolute Gasteiger partial charge is 0.383 e. The quantitative estimate of drug-likeness (QED) is 0.713. The van der Waals surface area contributed by atoms with Gasteiger partial charge in [-0.05, 0) is 25.7 Å². The zero-order chi connectivity index (χ0) is 13.0. The van der Waals surface area contributed by atoms with Gasteiger partial charge in [0, 0.05) is 37.7 Å². The first kappa shape index (κ1) is 13.6. The van der Waals surface area contributed by atoms with E-state index in [0.717, 1.165) is 24.0 Å². The summed E-state index contributed by atoms with van der Waals surface area (Å²) in [7, 11) is 1.72. The van der Waals surface area contributed by atoms with Gasteiger partial charge in [0.1, 0.15) is 0 Å². The monoisotopic (exact) mass is 269 g/mol. The van der Waals surface area contributed by atoms with Crippen molar-refractivity contribution in [3.8, 4) is 0 Å². The molecule has 0 N–H and O–H groups in total. The minimum absolute atomic E-state index is 0.455. The van der Waals surface area contributed by atoms with E-state index >= 15 is 0 Å². The molecule has 0 amide bonds. The van der Waals surface area contributed by atoms with Crippen LogP contribution in [0.1, 0.15) is 25.3 Å². The van der Waals surface area contributed by atoms with Gasteiger partial charge < -0.3 is 9.64 Å². The Morgan fingerprint density at radius 3 is 2.61 bits per heavy atom. The molecule has 0 radical (unpaired) electrons. The van der Waals surface area contributed by atoms with Crippen LogP contribution in [0.3, 0.4) is 0 Å². The van der Waals surface area contributed by atoms with Crippen LogP contribution in [0.5, 0.6) is 0 Å². The van der Waals surface area contributed by atoms with Crippen molar-refractivity contribution in [3.05, 3.63) is 18.0 Å². The highest BCUT2D eigenvalue weighted by Gasteiger charge is 2.32. The second-order valence-corrected chi connectivity index (χ2v) is 5.06. The molecule has 1 aliphatic rings. The summed E-state index contributed by atoms with van der Waals surface area (Å²) in [4.78, 5) is 11.1. The average molecular weight is 270 g/mol. The summed E-state index contributed by atoms with van der Waals surface area (Å²) in [5.74, 6) is 2.01. The van der Waals surface area contributed by atoms with E-state index in [1.807, 2.05) is 0 Å². The summed E-state index contributed by atoms with van der Waals surface area (Å²) in [6, 6.07) is 0.474. The van der Waals surface area contributed by atoms with Gasteiger partial charge in [0.25, 0.3) is 0 Å². The van der Waals surface area contributed by atoms with Crippen LogP contribution in [0, 0.1) is 5.92 Å². The predicted molar refractivity (Wildman–Crippen MR) is 73.0 cm³/mol. The van der Waals surface area contributed by atoms with E-state index in [9.17, 15) is 0 Å². The van der Waals surface area contributed by atoms with Crippen molar-refractivity contribution in [2.75, 3.05) is 25.2 Å². The molecule has 4 nitrogen and oxygen atoms in total. The van der Waals surface area contributed by atoms with E-state index in [1.165, 1.54) is 12.8 Å². The van der Waals surface area contributed by atoms with Gasteiger partial charge in [-0.1, -0.05) is 0 Å². The van der Waals surface area contributed by atoms with Crippen LogP contribution in [0.25, 0.3) is 0 Å². The molecule has 1 aromatic rings. The molecule has 100 valence electrons. The topological polar surface area (TPSA) is 38.2 Å². The molecular formula is C13H20ClN3O. The van der Waals surface area contributed by atoms with Crippen molar-refractivity contribution < 1.29 is 4.74 Å². The van der Waals surface area contributed by atoms with Crippen LogP contribution in [0.2, 0.25) is 0 Å². The SMILES string of the molecule is COCCN(c1ncc(CCl)cn1)C(C)C1CC1. The van der Waals surface area contributed by atoms with Crippen LogP contribution < -0.4 is 4.90 Å². The lowest BCUT2D eigenvalue weighted by Gasteiger charge is -2.29. The molecule has 0 saturated heterocycles. The number of hydrogen-bond donors (Lipinski definition) is 0. The van der Waals surface area contributed by atoms with Crippen LogP contribution >= 0.6 is 11.6 Å². The first-order chi connectivity index (χ1) is 8.76. The maximum atomic E-state index is 5.75. The normalized spacial score (nSPS) is 16.6. The Bertz CT molecular complexity index is 367. The predicted octanol–water partition coefficient (Wildman–Crippen LogP) is 2.47. The average Bonchev–Trinajstić information content (AvgIpc) is 3.24. The van der Waals surface area contributed by atoms with Crippen molar-refractivity contribution in [1.82, 2.24) is 9.97 Å². The number of rotatable bonds is 7. The van der Waals surface area contributed by atoms with Crippen molar-refractivity contribution in [2.45, 2.75) is 31.7 Å². The van der Waals surface area contributed by atoms with Gasteiger partial charge in [-0.25, -0.2) is 9.97 Å². The Morgan fingerprint density at radius 2 is 2.11 bits per heavy atom. The van der Waals surface area contributed by atoms with E-state index in [1.54, 1.807) is 19.5 Å². The summed E-state index contributed by atoms with van der Waals surface area (Å²) in [6.45, 7) is 3.76. The molecule has 0 aromatic carbocycles. The molecule has 0 aliphatic heterocycles. The Morgan fingerprint density at radius 1 is 1.44 bits per heavy atom. The lowest BCUT2D eigenvalue weighted by atomic mass is 10.2. The highest BCUT2D eigenvalue weighted by molar-refractivity contribution is 6.17. The second kappa shape index (κ2) is 6.34. The number of nitrogens with zero attached hydrogens (tertiary/aromatic N) is 3. The third-order valence-electron chi connectivity index (χ3n) is 3.44. The summed E-state index contributed by atoms with van der Waals surface area (Å²) in [6.07, 6.45) is 6.22. The van der Waals surface area contributed by atoms with E-state index in [-0.39, 0.29) is 0 Å². The molecule has 1 atom stereocenters. The third kappa shape index (κ3) is 3.33. The fourth-order valence-corrected chi connectivity index (χ4v) is 2.21. The molecule has 1 aromatic heterocycles. The Labute approximate surface area is 113 Å².